The van der Waals surface area contributed by atoms with Gasteiger partial charge >= 0.3 is 0 Å². The third-order valence-corrected chi connectivity index (χ3v) is 3.01. The van der Waals surface area contributed by atoms with Gasteiger partial charge in [-0.15, -0.1) is 0 Å². The second kappa shape index (κ2) is 5.39. The highest BCUT2D eigenvalue weighted by Gasteiger charge is 2.27. The third kappa shape index (κ3) is 2.78. The van der Waals surface area contributed by atoms with Gasteiger partial charge in [-0.3, -0.25) is 9.88 Å². The molecule has 2 unspecified atom stereocenters. The Balaban J connectivity index is 1.94. The molecule has 1 aromatic heterocycles. The highest BCUT2D eigenvalue weighted by molar-refractivity contribution is 5.08. The Kier molecular flexibility index (Phi) is 3.88. The lowest BCUT2D eigenvalue weighted by molar-refractivity contribution is -0.0563. The summed E-state index contributed by atoms with van der Waals surface area (Å²) < 4.78 is 5.39. The summed E-state index contributed by atoms with van der Waals surface area (Å²) in [6.45, 7) is 2.06. The lowest BCUT2D eigenvalue weighted by atomic mass is 10.1. The van der Waals surface area contributed by atoms with Gasteiger partial charge in [0.25, 0.3) is 0 Å². The van der Waals surface area contributed by atoms with Gasteiger partial charge in [-0.05, 0) is 25.1 Å². The van der Waals surface area contributed by atoms with Crippen molar-refractivity contribution in [2.45, 2.75) is 25.1 Å². The average molecular weight is 222 g/mol. The summed E-state index contributed by atoms with van der Waals surface area (Å²) in [5.41, 5.74) is 1.16. The Morgan fingerprint density at radius 3 is 3.19 bits per heavy atom. The zero-order valence-electron chi connectivity index (χ0n) is 9.54. The molecule has 0 spiro atoms. The molecule has 2 rings (SSSR count). The van der Waals surface area contributed by atoms with E-state index in [2.05, 4.69) is 9.88 Å². The molecule has 4 nitrogen and oxygen atoms in total. The Labute approximate surface area is 95.9 Å². The van der Waals surface area contributed by atoms with Crippen LogP contribution in [-0.4, -0.2) is 47.4 Å². The highest BCUT2D eigenvalue weighted by atomic mass is 16.5. The zero-order valence-corrected chi connectivity index (χ0v) is 9.54. The van der Waals surface area contributed by atoms with E-state index in [1.54, 1.807) is 6.20 Å². The van der Waals surface area contributed by atoms with Crippen molar-refractivity contribution in [1.82, 2.24) is 9.88 Å². The lowest BCUT2D eigenvalue weighted by Crippen LogP contribution is -2.47. The van der Waals surface area contributed by atoms with Gasteiger partial charge in [0.1, 0.15) is 0 Å². The van der Waals surface area contributed by atoms with Crippen LogP contribution in [0.3, 0.4) is 0 Å². The molecule has 0 aromatic carbocycles. The van der Waals surface area contributed by atoms with Crippen molar-refractivity contribution < 1.29 is 9.84 Å². The maximum Gasteiger partial charge on any atom is 0.0739 e. The van der Waals surface area contributed by atoms with Gasteiger partial charge < -0.3 is 9.84 Å². The fourth-order valence-electron chi connectivity index (χ4n) is 2.03. The number of likely N-dealkylation sites (N-methyl/N-ethyl adjacent to an activating group) is 1. The molecule has 0 radical (unpaired) electrons. The zero-order chi connectivity index (χ0) is 11.4. The molecule has 1 saturated heterocycles. The van der Waals surface area contributed by atoms with E-state index in [0.717, 1.165) is 18.5 Å². The maximum absolute atomic E-state index is 9.88. The summed E-state index contributed by atoms with van der Waals surface area (Å²) in [6, 6.07) is 4.06. The predicted molar refractivity (Wildman–Crippen MR) is 60.9 cm³/mol. The van der Waals surface area contributed by atoms with Crippen molar-refractivity contribution in [3.05, 3.63) is 30.1 Å². The van der Waals surface area contributed by atoms with E-state index >= 15 is 0 Å². The number of nitrogens with zero attached hydrogens (tertiary/aromatic N) is 2. The second-order valence-electron chi connectivity index (χ2n) is 4.27. The first-order chi connectivity index (χ1) is 7.77. The summed E-state index contributed by atoms with van der Waals surface area (Å²) in [6.07, 6.45) is 4.06. The number of aliphatic hydroxyl groups is 1. The van der Waals surface area contributed by atoms with Crippen molar-refractivity contribution in [3.63, 3.8) is 0 Å². The van der Waals surface area contributed by atoms with Crippen LogP contribution in [0.2, 0.25) is 0 Å². The molecule has 1 aliphatic heterocycles. The van der Waals surface area contributed by atoms with Crippen molar-refractivity contribution in [3.8, 4) is 0 Å². The monoisotopic (exact) mass is 222 g/mol. The first kappa shape index (κ1) is 11.5. The minimum absolute atomic E-state index is 0.0916. The normalized spacial score (nSPS) is 25.9. The standard InChI is InChI=1S/C12H18N2O2/c1-14(8-10-3-2-5-13-7-10)11-9-16-6-4-12(11)15/h2-3,5,7,11-12,15H,4,6,8-9H2,1H3. The van der Waals surface area contributed by atoms with Crippen LogP contribution in [0.5, 0.6) is 0 Å². The number of aliphatic hydroxyl groups excluding tert-OH is 1. The molecule has 2 atom stereocenters. The van der Waals surface area contributed by atoms with Crippen molar-refractivity contribution in [2.75, 3.05) is 20.3 Å². The molecule has 4 heteroatoms. The number of rotatable bonds is 3. The Hall–Kier alpha value is -0.970. The summed E-state index contributed by atoms with van der Waals surface area (Å²) in [5, 5.41) is 9.88. The highest BCUT2D eigenvalue weighted by Crippen LogP contribution is 2.15. The van der Waals surface area contributed by atoms with Gasteiger partial charge in [0.2, 0.25) is 0 Å². The van der Waals surface area contributed by atoms with Crippen LogP contribution in [0.25, 0.3) is 0 Å². The molecule has 2 heterocycles. The lowest BCUT2D eigenvalue weighted by Gasteiger charge is -2.34. The SMILES string of the molecule is CN(Cc1cccnc1)C1COCCC1O. The van der Waals surface area contributed by atoms with Crippen LogP contribution in [0.15, 0.2) is 24.5 Å². The van der Waals surface area contributed by atoms with Crippen molar-refractivity contribution in [2.24, 2.45) is 0 Å². The van der Waals surface area contributed by atoms with E-state index in [1.165, 1.54) is 0 Å². The minimum Gasteiger partial charge on any atom is -0.391 e. The van der Waals surface area contributed by atoms with E-state index in [1.807, 2.05) is 25.4 Å². The quantitative estimate of drug-likeness (QED) is 0.816. The number of hydrogen-bond acceptors (Lipinski definition) is 4. The van der Waals surface area contributed by atoms with Crippen LogP contribution in [-0.2, 0) is 11.3 Å². The molecule has 1 N–H and O–H groups in total. The van der Waals surface area contributed by atoms with Crippen molar-refractivity contribution >= 4 is 0 Å². The van der Waals surface area contributed by atoms with Crippen LogP contribution < -0.4 is 0 Å². The predicted octanol–water partition coefficient (Wildman–Crippen LogP) is 0.663. The molecule has 1 aliphatic rings. The second-order valence-corrected chi connectivity index (χ2v) is 4.27. The van der Waals surface area contributed by atoms with Gasteiger partial charge in [0.05, 0.1) is 18.8 Å². The van der Waals surface area contributed by atoms with Gasteiger partial charge in [-0.1, -0.05) is 6.07 Å². The Morgan fingerprint density at radius 1 is 1.62 bits per heavy atom. The van der Waals surface area contributed by atoms with E-state index in [0.29, 0.717) is 13.2 Å². The maximum atomic E-state index is 9.88. The van der Waals surface area contributed by atoms with Gasteiger partial charge in [0, 0.05) is 25.5 Å². The molecule has 0 amide bonds. The van der Waals surface area contributed by atoms with E-state index in [4.69, 9.17) is 4.74 Å². The number of hydrogen-bond donors (Lipinski definition) is 1. The minimum atomic E-state index is -0.282. The summed E-state index contributed by atoms with van der Waals surface area (Å²) in [7, 11) is 2.01. The van der Waals surface area contributed by atoms with E-state index < -0.39 is 0 Å². The molecular weight excluding hydrogens is 204 g/mol. The number of pyridine rings is 1. The molecule has 0 aliphatic carbocycles. The number of ether oxygens (including phenoxy) is 1. The van der Waals surface area contributed by atoms with Crippen molar-refractivity contribution in [1.29, 1.82) is 0 Å². The van der Waals surface area contributed by atoms with Gasteiger partial charge in [-0.2, -0.15) is 0 Å². The largest absolute Gasteiger partial charge is 0.391 e. The first-order valence-corrected chi connectivity index (χ1v) is 5.62. The summed E-state index contributed by atoms with van der Waals surface area (Å²) >= 11 is 0. The Bertz CT molecular complexity index is 318. The topological polar surface area (TPSA) is 45.6 Å². The fourth-order valence-corrected chi connectivity index (χ4v) is 2.03. The van der Waals surface area contributed by atoms with E-state index in [9.17, 15) is 5.11 Å². The Morgan fingerprint density at radius 2 is 2.50 bits per heavy atom. The molecule has 0 bridgehead atoms. The molecule has 1 aromatic rings. The fraction of sp³-hybridized carbons (Fsp3) is 0.583. The van der Waals surface area contributed by atoms with Crippen LogP contribution in [0.4, 0.5) is 0 Å². The summed E-state index contributed by atoms with van der Waals surface area (Å²) in [5.74, 6) is 0. The molecule has 88 valence electrons. The molecular formula is C12H18N2O2. The van der Waals surface area contributed by atoms with Crippen LogP contribution in [0.1, 0.15) is 12.0 Å². The third-order valence-electron chi connectivity index (χ3n) is 3.01. The smallest absolute Gasteiger partial charge is 0.0739 e. The van der Waals surface area contributed by atoms with Gasteiger partial charge in [0.15, 0.2) is 0 Å². The summed E-state index contributed by atoms with van der Waals surface area (Å²) in [4.78, 5) is 6.21. The first-order valence-electron chi connectivity index (χ1n) is 5.62. The van der Waals surface area contributed by atoms with Gasteiger partial charge in [-0.25, -0.2) is 0 Å². The molecule has 1 fully saturated rings. The van der Waals surface area contributed by atoms with Crippen LogP contribution >= 0.6 is 0 Å². The molecule has 16 heavy (non-hydrogen) atoms. The molecule has 0 saturated carbocycles. The number of aromatic nitrogens is 1. The van der Waals surface area contributed by atoms with Crippen LogP contribution in [0, 0.1) is 0 Å². The average Bonchev–Trinajstić information content (AvgIpc) is 2.31. The van der Waals surface area contributed by atoms with E-state index in [-0.39, 0.29) is 12.1 Å².